The quantitative estimate of drug-likeness (QED) is 0.818. The number of sulfonamides is 1. The van der Waals surface area contributed by atoms with Gasteiger partial charge < -0.3 is 5.11 Å². The van der Waals surface area contributed by atoms with E-state index in [1.54, 1.807) is 0 Å². The second-order valence-electron chi connectivity index (χ2n) is 5.79. The molecular formula is C13H18BrNO4S2. The molecule has 0 amide bonds. The van der Waals surface area contributed by atoms with Gasteiger partial charge in [0.25, 0.3) is 0 Å². The van der Waals surface area contributed by atoms with Crippen LogP contribution in [0.15, 0.2) is 14.7 Å². The molecule has 2 N–H and O–H groups in total. The fourth-order valence-corrected chi connectivity index (χ4v) is 6.63. The molecule has 0 aromatic carbocycles. The third kappa shape index (κ3) is 4.06. The number of hydrogen-bond donors (Lipinski definition) is 2. The molecule has 1 aromatic rings. The lowest BCUT2D eigenvalue weighted by atomic mass is 9.81. The standard InChI is InChI=1S/C13H18BrNO4S2/c1-7-3-8(2)5-9(4-7)15-21(18,19)11-6-10(13(16)17)20-12(11)14/h6-9,15H,3-5H2,1-2H3,(H,16,17). The molecule has 8 heteroatoms. The van der Waals surface area contributed by atoms with Gasteiger partial charge in [0.2, 0.25) is 10.0 Å². The first-order valence-corrected chi connectivity index (χ1v) is 9.83. The highest BCUT2D eigenvalue weighted by Crippen LogP contribution is 2.33. The lowest BCUT2D eigenvalue weighted by Crippen LogP contribution is -2.39. The van der Waals surface area contributed by atoms with E-state index in [1.165, 1.54) is 6.07 Å². The maximum Gasteiger partial charge on any atom is 0.345 e. The number of nitrogens with one attached hydrogen (secondary N) is 1. The summed E-state index contributed by atoms with van der Waals surface area (Å²) in [7, 11) is -3.70. The summed E-state index contributed by atoms with van der Waals surface area (Å²) in [5.74, 6) is -0.147. The summed E-state index contributed by atoms with van der Waals surface area (Å²) in [5.41, 5.74) is 0. The Labute approximate surface area is 136 Å². The van der Waals surface area contributed by atoms with Gasteiger partial charge in [0.05, 0.1) is 3.79 Å². The molecule has 21 heavy (non-hydrogen) atoms. The van der Waals surface area contributed by atoms with Crippen LogP contribution in [0.3, 0.4) is 0 Å². The summed E-state index contributed by atoms with van der Waals surface area (Å²) in [6.45, 7) is 4.25. The van der Waals surface area contributed by atoms with Gasteiger partial charge in [0.1, 0.15) is 9.77 Å². The van der Waals surface area contributed by atoms with Gasteiger partial charge in [-0.05, 0) is 53.1 Å². The highest BCUT2D eigenvalue weighted by molar-refractivity contribution is 9.11. The molecule has 118 valence electrons. The minimum Gasteiger partial charge on any atom is -0.477 e. The van der Waals surface area contributed by atoms with Crippen molar-refractivity contribution in [2.45, 2.75) is 44.0 Å². The van der Waals surface area contributed by atoms with E-state index in [0.717, 1.165) is 30.6 Å². The molecule has 2 rings (SSSR count). The number of hydrogen-bond acceptors (Lipinski definition) is 4. The Balaban J connectivity index is 2.20. The fourth-order valence-electron chi connectivity index (χ4n) is 2.97. The van der Waals surface area contributed by atoms with Crippen LogP contribution in [-0.4, -0.2) is 25.5 Å². The van der Waals surface area contributed by atoms with Crippen LogP contribution >= 0.6 is 27.3 Å². The zero-order chi connectivity index (χ0) is 15.8. The molecule has 1 saturated carbocycles. The van der Waals surface area contributed by atoms with Crippen LogP contribution in [0, 0.1) is 11.8 Å². The SMILES string of the molecule is CC1CC(C)CC(NS(=O)(=O)c2cc(C(=O)O)sc2Br)C1. The third-order valence-electron chi connectivity index (χ3n) is 3.66. The number of carbonyl (C=O) groups is 1. The molecule has 1 aliphatic carbocycles. The van der Waals surface area contributed by atoms with Gasteiger partial charge >= 0.3 is 5.97 Å². The van der Waals surface area contributed by atoms with Crippen molar-refractivity contribution >= 4 is 43.3 Å². The van der Waals surface area contributed by atoms with E-state index < -0.39 is 16.0 Å². The fraction of sp³-hybridized carbons (Fsp3) is 0.615. The highest BCUT2D eigenvalue weighted by atomic mass is 79.9. The molecule has 1 fully saturated rings. The maximum atomic E-state index is 12.4. The zero-order valence-corrected chi connectivity index (χ0v) is 15.0. The average molecular weight is 396 g/mol. The lowest BCUT2D eigenvalue weighted by Gasteiger charge is -2.31. The van der Waals surface area contributed by atoms with E-state index in [2.05, 4.69) is 34.5 Å². The van der Waals surface area contributed by atoms with Gasteiger partial charge in [-0.3, -0.25) is 0 Å². The van der Waals surface area contributed by atoms with Gasteiger partial charge in [-0.2, -0.15) is 0 Å². The summed E-state index contributed by atoms with van der Waals surface area (Å²) < 4.78 is 27.9. The van der Waals surface area contributed by atoms with Crippen LogP contribution < -0.4 is 4.72 Å². The van der Waals surface area contributed by atoms with Crippen LogP contribution in [0.25, 0.3) is 0 Å². The van der Waals surface area contributed by atoms with Crippen LogP contribution in [0.4, 0.5) is 0 Å². The van der Waals surface area contributed by atoms with E-state index in [0.29, 0.717) is 15.6 Å². The topological polar surface area (TPSA) is 83.5 Å². The van der Waals surface area contributed by atoms with Gasteiger partial charge in [-0.15, -0.1) is 11.3 Å². The number of carboxylic acids is 1. The monoisotopic (exact) mass is 395 g/mol. The highest BCUT2D eigenvalue weighted by Gasteiger charge is 2.30. The summed E-state index contributed by atoms with van der Waals surface area (Å²) in [6.07, 6.45) is 2.75. The zero-order valence-electron chi connectivity index (χ0n) is 11.8. The van der Waals surface area contributed by atoms with Crippen molar-refractivity contribution in [2.75, 3.05) is 0 Å². The molecule has 1 aromatic heterocycles. The molecule has 5 nitrogen and oxygen atoms in total. The van der Waals surface area contributed by atoms with Gasteiger partial charge in [0.15, 0.2) is 0 Å². The summed E-state index contributed by atoms with van der Waals surface area (Å²) in [4.78, 5) is 11.0. The lowest BCUT2D eigenvalue weighted by molar-refractivity contribution is 0.0702. The first-order chi connectivity index (χ1) is 9.69. The number of halogens is 1. The number of thiophene rings is 1. The molecule has 1 aliphatic rings. The minimum absolute atomic E-state index is 0.00707. The van der Waals surface area contributed by atoms with Crippen LogP contribution in [0.5, 0.6) is 0 Å². The van der Waals surface area contributed by atoms with Crippen LogP contribution in [0.1, 0.15) is 42.8 Å². The summed E-state index contributed by atoms with van der Waals surface area (Å²) in [6, 6.07) is 1.11. The second-order valence-corrected chi connectivity index (χ2v) is 9.84. The predicted molar refractivity (Wildman–Crippen MR) is 85.3 cm³/mol. The van der Waals surface area contributed by atoms with Gasteiger partial charge in [-0.25, -0.2) is 17.9 Å². The molecule has 2 unspecified atom stereocenters. The molecule has 1 heterocycles. The molecular weight excluding hydrogens is 378 g/mol. The smallest absolute Gasteiger partial charge is 0.345 e. The predicted octanol–water partition coefficient (Wildman–Crippen LogP) is 3.31. The molecule has 0 saturated heterocycles. The average Bonchev–Trinajstić information content (AvgIpc) is 2.70. The maximum absolute atomic E-state index is 12.4. The Morgan fingerprint density at radius 2 is 1.90 bits per heavy atom. The molecule has 0 radical (unpaired) electrons. The van der Waals surface area contributed by atoms with Crippen molar-refractivity contribution in [1.29, 1.82) is 0 Å². The van der Waals surface area contributed by atoms with Gasteiger partial charge in [-0.1, -0.05) is 13.8 Å². The third-order valence-corrected chi connectivity index (χ3v) is 7.42. The Morgan fingerprint density at radius 3 is 2.38 bits per heavy atom. The van der Waals surface area contributed by atoms with E-state index in [1.807, 2.05) is 0 Å². The number of carboxylic acid groups (broad SMARTS) is 1. The molecule has 0 aliphatic heterocycles. The largest absolute Gasteiger partial charge is 0.477 e. The van der Waals surface area contributed by atoms with Crippen molar-refractivity contribution in [3.05, 3.63) is 14.7 Å². The Bertz CT molecular complexity index is 631. The number of aromatic carboxylic acids is 1. The van der Waals surface area contributed by atoms with Crippen molar-refractivity contribution in [1.82, 2.24) is 4.72 Å². The second kappa shape index (κ2) is 6.36. The Kier molecular flexibility index (Phi) is 5.12. The Morgan fingerprint density at radius 1 is 1.33 bits per heavy atom. The van der Waals surface area contributed by atoms with E-state index >= 15 is 0 Å². The summed E-state index contributed by atoms with van der Waals surface area (Å²) in [5, 5.41) is 8.95. The van der Waals surface area contributed by atoms with Crippen molar-refractivity contribution in [3.63, 3.8) is 0 Å². The normalized spacial score (nSPS) is 26.7. The van der Waals surface area contributed by atoms with Crippen LogP contribution in [0.2, 0.25) is 0 Å². The van der Waals surface area contributed by atoms with E-state index in [9.17, 15) is 13.2 Å². The molecule has 0 spiro atoms. The first-order valence-electron chi connectivity index (χ1n) is 6.74. The van der Waals surface area contributed by atoms with Gasteiger partial charge in [0, 0.05) is 6.04 Å². The van der Waals surface area contributed by atoms with E-state index in [-0.39, 0.29) is 15.8 Å². The minimum atomic E-state index is -3.70. The Hall–Kier alpha value is -0.440. The van der Waals surface area contributed by atoms with Crippen molar-refractivity contribution in [3.8, 4) is 0 Å². The van der Waals surface area contributed by atoms with E-state index in [4.69, 9.17) is 5.11 Å². The first kappa shape index (κ1) is 16.9. The molecule has 2 atom stereocenters. The van der Waals surface area contributed by atoms with Crippen molar-refractivity contribution in [2.24, 2.45) is 11.8 Å². The molecule has 0 bridgehead atoms. The summed E-state index contributed by atoms with van der Waals surface area (Å²) >= 11 is 4.06. The van der Waals surface area contributed by atoms with Crippen LogP contribution in [-0.2, 0) is 10.0 Å². The van der Waals surface area contributed by atoms with Crippen molar-refractivity contribution < 1.29 is 18.3 Å². The number of rotatable bonds is 4.